The third kappa shape index (κ3) is 3.79. The summed E-state index contributed by atoms with van der Waals surface area (Å²) in [5.41, 5.74) is 1.52. The van der Waals surface area contributed by atoms with Crippen LogP contribution in [-0.2, 0) is 4.79 Å². The van der Waals surface area contributed by atoms with E-state index in [1.165, 1.54) is 0 Å². The van der Waals surface area contributed by atoms with Gasteiger partial charge in [0.05, 0.1) is 0 Å². The number of alkyl halides is 1. The van der Waals surface area contributed by atoms with Gasteiger partial charge in [-0.2, -0.15) is 0 Å². The number of hydrogen-bond acceptors (Lipinski definition) is 2. The van der Waals surface area contributed by atoms with Crippen molar-refractivity contribution < 1.29 is 4.79 Å². The van der Waals surface area contributed by atoms with Gasteiger partial charge in [0.2, 0.25) is 0 Å². The number of ketones is 1. The van der Waals surface area contributed by atoms with Crippen molar-refractivity contribution >= 4 is 21.7 Å². The van der Waals surface area contributed by atoms with Gasteiger partial charge in [0, 0.05) is 18.0 Å². The van der Waals surface area contributed by atoms with Crippen molar-refractivity contribution in [3.05, 3.63) is 66.5 Å². The number of halogens is 1. The topological polar surface area (TPSA) is 30.0 Å². The molecule has 1 aromatic rings. The normalized spacial score (nSPS) is 13.6. The van der Waals surface area contributed by atoms with Crippen LogP contribution in [0.15, 0.2) is 61.0 Å². The van der Waals surface area contributed by atoms with E-state index in [-0.39, 0.29) is 10.6 Å². The van der Waals surface area contributed by atoms with Crippen LogP contribution in [0.25, 0.3) is 0 Å². The van der Waals surface area contributed by atoms with Gasteiger partial charge in [-0.05, 0) is 24.6 Å². The minimum atomic E-state index is -0.354. The van der Waals surface area contributed by atoms with E-state index in [2.05, 4.69) is 27.5 Å². The van der Waals surface area contributed by atoms with Crippen molar-refractivity contribution in [3.63, 3.8) is 0 Å². The van der Waals surface area contributed by atoms with Crippen LogP contribution < -0.4 is 0 Å². The predicted molar refractivity (Wildman–Crippen MR) is 74.0 cm³/mol. The molecule has 0 aromatic carbocycles. The number of carbonyl (C=O) groups is 1. The zero-order chi connectivity index (χ0) is 12.7. The van der Waals surface area contributed by atoms with Crippen LogP contribution in [0.2, 0.25) is 0 Å². The Balaban J connectivity index is 2.96. The average molecular weight is 292 g/mol. The Labute approximate surface area is 110 Å². The number of Topliss-reactive ketones (excluding diaryl/α,β-unsaturated/α-hetero) is 1. The molecule has 0 amide bonds. The summed E-state index contributed by atoms with van der Waals surface area (Å²) in [5, 5.41) is 0. The highest BCUT2D eigenvalue weighted by molar-refractivity contribution is 9.09. The van der Waals surface area contributed by atoms with Crippen LogP contribution in [0.1, 0.15) is 17.3 Å². The van der Waals surface area contributed by atoms with Gasteiger partial charge in [-0.1, -0.05) is 46.8 Å². The lowest BCUT2D eigenvalue weighted by Crippen LogP contribution is -2.08. The van der Waals surface area contributed by atoms with Crippen molar-refractivity contribution in [2.45, 2.75) is 11.8 Å². The molecule has 17 heavy (non-hydrogen) atoms. The SMILES string of the molecule is C=C/C=C(\C=C/C)C(=O)C(Br)c1ccncc1. The van der Waals surface area contributed by atoms with Crippen molar-refractivity contribution in [2.24, 2.45) is 0 Å². The molecule has 0 aliphatic rings. The van der Waals surface area contributed by atoms with Crippen LogP contribution in [0, 0.1) is 0 Å². The molecule has 1 atom stereocenters. The Morgan fingerprint density at radius 3 is 2.65 bits per heavy atom. The first-order valence-corrected chi connectivity index (χ1v) is 6.16. The Kier molecular flexibility index (Phi) is 5.57. The van der Waals surface area contributed by atoms with Gasteiger partial charge < -0.3 is 0 Å². The summed E-state index contributed by atoms with van der Waals surface area (Å²) in [6.45, 7) is 5.48. The van der Waals surface area contributed by atoms with E-state index >= 15 is 0 Å². The number of carbonyl (C=O) groups excluding carboxylic acids is 1. The molecule has 3 heteroatoms. The first-order valence-electron chi connectivity index (χ1n) is 5.24. The highest BCUT2D eigenvalue weighted by Crippen LogP contribution is 2.26. The zero-order valence-electron chi connectivity index (χ0n) is 9.64. The zero-order valence-corrected chi connectivity index (χ0v) is 11.2. The minimum Gasteiger partial charge on any atom is -0.293 e. The number of allylic oxidation sites excluding steroid dienone is 5. The molecule has 0 N–H and O–H groups in total. The third-order valence-corrected chi connectivity index (χ3v) is 3.10. The molecule has 88 valence electrons. The van der Waals surface area contributed by atoms with Crippen LogP contribution in [-0.4, -0.2) is 10.8 Å². The number of nitrogens with zero attached hydrogens (tertiary/aromatic N) is 1. The number of pyridine rings is 1. The summed E-state index contributed by atoms with van der Waals surface area (Å²) in [7, 11) is 0. The molecule has 1 aromatic heterocycles. The molecule has 1 rings (SSSR count). The van der Waals surface area contributed by atoms with E-state index < -0.39 is 0 Å². The summed E-state index contributed by atoms with van der Waals surface area (Å²) in [6.07, 6.45) is 10.3. The predicted octanol–water partition coefficient (Wildman–Crippen LogP) is 3.78. The first kappa shape index (κ1) is 13.6. The van der Waals surface area contributed by atoms with E-state index in [0.29, 0.717) is 5.57 Å². The number of rotatable bonds is 5. The van der Waals surface area contributed by atoms with E-state index in [4.69, 9.17) is 0 Å². The largest absolute Gasteiger partial charge is 0.293 e. The second kappa shape index (κ2) is 6.97. The Hall–Kier alpha value is -1.48. The van der Waals surface area contributed by atoms with Gasteiger partial charge in [0.15, 0.2) is 5.78 Å². The maximum atomic E-state index is 12.2. The second-order valence-corrected chi connectivity index (χ2v) is 4.28. The fourth-order valence-corrected chi connectivity index (χ4v) is 1.93. The van der Waals surface area contributed by atoms with Gasteiger partial charge in [0.25, 0.3) is 0 Å². The van der Waals surface area contributed by atoms with Crippen LogP contribution in [0.4, 0.5) is 0 Å². The van der Waals surface area contributed by atoms with Gasteiger partial charge in [-0.15, -0.1) is 0 Å². The summed E-state index contributed by atoms with van der Waals surface area (Å²) in [6, 6.07) is 3.64. The molecule has 0 fully saturated rings. The van der Waals surface area contributed by atoms with Gasteiger partial charge in [-0.3, -0.25) is 9.78 Å². The second-order valence-electron chi connectivity index (χ2n) is 3.37. The van der Waals surface area contributed by atoms with Crippen molar-refractivity contribution in [1.29, 1.82) is 0 Å². The fraction of sp³-hybridized carbons (Fsp3) is 0.143. The molecule has 0 saturated heterocycles. The van der Waals surface area contributed by atoms with Gasteiger partial charge in [-0.25, -0.2) is 0 Å². The molecule has 0 radical (unpaired) electrons. The molecular formula is C14H14BrNO. The summed E-state index contributed by atoms with van der Waals surface area (Å²) in [4.78, 5) is 15.8. The Morgan fingerprint density at radius 2 is 2.12 bits per heavy atom. The lowest BCUT2D eigenvalue weighted by molar-refractivity contribution is -0.114. The lowest BCUT2D eigenvalue weighted by Gasteiger charge is -2.09. The maximum absolute atomic E-state index is 12.2. The maximum Gasteiger partial charge on any atom is 0.180 e. The first-order chi connectivity index (χ1) is 8.20. The van der Waals surface area contributed by atoms with E-state index in [9.17, 15) is 4.79 Å². The van der Waals surface area contributed by atoms with Gasteiger partial charge in [0.1, 0.15) is 4.83 Å². The van der Waals surface area contributed by atoms with Crippen molar-refractivity contribution in [2.75, 3.05) is 0 Å². The number of aromatic nitrogens is 1. The van der Waals surface area contributed by atoms with Crippen LogP contribution in [0.5, 0.6) is 0 Å². The molecule has 0 aliphatic heterocycles. The summed E-state index contributed by atoms with van der Waals surface area (Å²) < 4.78 is 0. The van der Waals surface area contributed by atoms with Gasteiger partial charge >= 0.3 is 0 Å². The molecule has 0 saturated carbocycles. The quantitative estimate of drug-likeness (QED) is 0.469. The highest BCUT2D eigenvalue weighted by Gasteiger charge is 2.18. The van der Waals surface area contributed by atoms with Crippen LogP contribution in [0.3, 0.4) is 0 Å². The molecule has 1 unspecified atom stereocenters. The molecule has 2 nitrogen and oxygen atoms in total. The molecular weight excluding hydrogens is 278 g/mol. The monoisotopic (exact) mass is 291 g/mol. The molecule has 0 spiro atoms. The Morgan fingerprint density at radius 1 is 1.47 bits per heavy atom. The fourth-order valence-electron chi connectivity index (χ4n) is 1.36. The number of hydrogen-bond donors (Lipinski definition) is 0. The minimum absolute atomic E-state index is 0.00852. The van der Waals surface area contributed by atoms with Crippen molar-refractivity contribution in [1.82, 2.24) is 4.98 Å². The van der Waals surface area contributed by atoms with E-state index in [1.54, 1.807) is 30.6 Å². The standard InChI is InChI=1S/C14H14BrNO/c1-3-5-12(6-4-2)14(17)13(15)11-7-9-16-10-8-11/h3-10,13H,1H2,2H3/b6-4-,12-5+. The molecule has 0 aliphatic carbocycles. The summed E-state index contributed by atoms with van der Waals surface area (Å²) in [5.74, 6) is 0.00852. The third-order valence-electron chi connectivity index (χ3n) is 2.16. The Bertz CT molecular complexity index is 449. The van der Waals surface area contributed by atoms with E-state index in [1.807, 2.05) is 25.1 Å². The molecule has 0 bridgehead atoms. The van der Waals surface area contributed by atoms with Crippen molar-refractivity contribution in [3.8, 4) is 0 Å². The lowest BCUT2D eigenvalue weighted by atomic mass is 10.0. The molecule has 1 heterocycles. The highest BCUT2D eigenvalue weighted by atomic mass is 79.9. The summed E-state index contributed by atoms with van der Waals surface area (Å²) >= 11 is 3.41. The average Bonchev–Trinajstić information content (AvgIpc) is 2.38. The van der Waals surface area contributed by atoms with Crippen LogP contribution >= 0.6 is 15.9 Å². The smallest absolute Gasteiger partial charge is 0.180 e. The van der Waals surface area contributed by atoms with E-state index in [0.717, 1.165) is 5.56 Å².